The van der Waals surface area contributed by atoms with Crippen molar-refractivity contribution < 1.29 is 10.2 Å². The molecule has 2 N–H and O–H groups in total. The van der Waals surface area contributed by atoms with E-state index in [9.17, 15) is 10.2 Å². The molecule has 2 rings (SSSR count). The molecule has 1 aliphatic carbocycles. The van der Waals surface area contributed by atoms with Crippen LogP contribution in [0.15, 0.2) is 6.20 Å². The predicted octanol–water partition coefficient (Wildman–Crippen LogP) is 1.66. The summed E-state index contributed by atoms with van der Waals surface area (Å²) in [5.41, 5.74) is 0.634. The van der Waals surface area contributed by atoms with Crippen molar-refractivity contribution in [3.63, 3.8) is 0 Å². The number of aryl methyl sites for hydroxylation is 1. The van der Waals surface area contributed by atoms with E-state index in [0.717, 1.165) is 38.6 Å². The second-order valence-electron chi connectivity index (χ2n) is 5.22. The fraction of sp³-hybridized carbons (Fsp3) is 0.846. The van der Waals surface area contributed by atoms with Crippen molar-refractivity contribution in [3.8, 4) is 0 Å². The van der Waals surface area contributed by atoms with E-state index in [2.05, 4.69) is 17.2 Å². The van der Waals surface area contributed by atoms with E-state index in [1.165, 1.54) is 6.42 Å². The summed E-state index contributed by atoms with van der Waals surface area (Å²) in [5.74, 6) is 0.207. The maximum Gasteiger partial charge on any atom is 0.123 e. The third-order valence-electron chi connectivity index (χ3n) is 3.84. The van der Waals surface area contributed by atoms with E-state index in [-0.39, 0.29) is 5.92 Å². The molecule has 1 fully saturated rings. The summed E-state index contributed by atoms with van der Waals surface area (Å²) in [7, 11) is 0. The van der Waals surface area contributed by atoms with Crippen LogP contribution in [0, 0.1) is 5.92 Å². The highest BCUT2D eigenvalue weighted by Gasteiger charge is 2.30. The standard InChI is InChI=1S/C13H23N3O2/c1-2-8-16-11(9-14-15-16)13(18)12(17)10-6-4-3-5-7-10/h9-10,12-13,17-18H,2-8H2,1H3. The molecule has 1 aliphatic rings. The first-order chi connectivity index (χ1) is 8.74. The molecule has 0 amide bonds. The average molecular weight is 253 g/mol. The summed E-state index contributed by atoms with van der Waals surface area (Å²) in [6, 6.07) is 0. The van der Waals surface area contributed by atoms with Gasteiger partial charge < -0.3 is 10.2 Å². The molecule has 5 heteroatoms. The third-order valence-corrected chi connectivity index (χ3v) is 3.84. The minimum absolute atomic E-state index is 0.207. The van der Waals surface area contributed by atoms with Crippen LogP contribution in [0.2, 0.25) is 0 Å². The van der Waals surface area contributed by atoms with Crippen LogP contribution in [-0.4, -0.2) is 31.3 Å². The second kappa shape index (κ2) is 6.29. The topological polar surface area (TPSA) is 71.2 Å². The van der Waals surface area contributed by atoms with Gasteiger partial charge in [-0.05, 0) is 25.2 Å². The SMILES string of the molecule is CCCn1nncc1C(O)C(O)C1CCCCC1. The Morgan fingerprint density at radius 2 is 2.06 bits per heavy atom. The summed E-state index contributed by atoms with van der Waals surface area (Å²) in [5, 5.41) is 28.4. The molecule has 0 aliphatic heterocycles. The number of aliphatic hydroxyl groups excluding tert-OH is 2. The van der Waals surface area contributed by atoms with E-state index in [4.69, 9.17) is 0 Å². The summed E-state index contributed by atoms with van der Waals surface area (Å²) in [6.45, 7) is 2.78. The Balaban J connectivity index is 2.04. The highest BCUT2D eigenvalue weighted by Crippen LogP contribution is 2.32. The first-order valence-electron chi connectivity index (χ1n) is 6.98. The van der Waals surface area contributed by atoms with E-state index < -0.39 is 12.2 Å². The molecule has 1 saturated carbocycles. The van der Waals surface area contributed by atoms with Gasteiger partial charge in [0.15, 0.2) is 0 Å². The van der Waals surface area contributed by atoms with Crippen LogP contribution < -0.4 is 0 Å². The highest BCUT2D eigenvalue weighted by atomic mass is 16.3. The van der Waals surface area contributed by atoms with E-state index in [1.807, 2.05) is 0 Å². The molecule has 2 unspecified atom stereocenters. The molecule has 5 nitrogen and oxygen atoms in total. The monoisotopic (exact) mass is 253 g/mol. The normalized spacial score (nSPS) is 20.8. The number of rotatable bonds is 5. The predicted molar refractivity (Wildman–Crippen MR) is 67.9 cm³/mol. The van der Waals surface area contributed by atoms with E-state index >= 15 is 0 Å². The Hall–Kier alpha value is -0.940. The Morgan fingerprint density at radius 1 is 1.33 bits per heavy atom. The van der Waals surface area contributed by atoms with Gasteiger partial charge in [0, 0.05) is 6.54 Å². The van der Waals surface area contributed by atoms with Crippen molar-refractivity contribution >= 4 is 0 Å². The van der Waals surface area contributed by atoms with Gasteiger partial charge in [-0.25, -0.2) is 4.68 Å². The van der Waals surface area contributed by atoms with Gasteiger partial charge in [-0.1, -0.05) is 31.4 Å². The zero-order valence-electron chi connectivity index (χ0n) is 11.0. The molecule has 0 spiro atoms. The van der Waals surface area contributed by atoms with Crippen molar-refractivity contribution in [2.75, 3.05) is 0 Å². The first kappa shape index (κ1) is 13.5. The lowest BCUT2D eigenvalue weighted by Gasteiger charge is -2.29. The van der Waals surface area contributed by atoms with E-state index in [1.54, 1.807) is 10.9 Å². The summed E-state index contributed by atoms with van der Waals surface area (Å²) >= 11 is 0. The Kier molecular flexibility index (Phi) is 4.72. The zero-order valence-corrected chi connectivity index (χ0v) is 11.0. The lowest BCUT2D eigenvalue weighted by molar-refractivity contribution is -0.0326. The summed E-state index contributed by atoms with van der Waals surface area (Å²) in [4.78, 5) is 0. The Morgan fingerprint density at radius 3 is 2.72 bits per heavy atom. The van der Waals surface area contributed by atoms with Crippen LogP contribution in [0.1, 0.15) is 57.2 Å². The maximum atomic E-state index is 10.3. The lowest BCUT2D eigenvalue weighted by atomic mass is 9.83. The number of aliphatic hydroxyl groups is 2. The largest absolute Gasteiger partial charge is 0.390 e. The Labute approximate surface area is 108 Å². The van der Waals surface area contributed by atoms with Gasteiger partial charge in [0.1, 0.15) is 6.10 Å². The van der Waals surface area contributed by atoms with Crippen molar-refractivity contribution in [3.05, 3.63) is 11.9 Å². The molecular formula is C13H23N3O2. The average Bonchev–Trinajstić information content (AvgIpc) is 2.87. The third kappa shape index (κ3) is 2.90. The summed E-state index contributed by atoms with van der Waals surface area (Å²) in [6.07, 6.45) is 6.50. The lowest BCUT2D eigenvalue weighted by Crippen LogP contribution is -2.30. The molecule has 1 aromatic heterocycles. The van der Waals surface area contributed by atoms with Crippen LogP contribution in [0.3, 0.4) is 0 Å². The number of nitrogens with zero attached hydrogens (tertiary/aromatic N) is 3. The number of hydrogen-bond acceptors (Lipinski definition) is 4. The quantitative estimate of drug-likeness (QED) is 0.837. The molecule has 2 atom stereocenters. The minimum atomic E-state index is -0.866. The van der Waals surface area contributed by atoms with Gasteiger partial charge in [0.2, 0.25) is 0 Å². The van der Waals surface area contributed by atoms with Gasteiger partial charge in [-0.3, -0.25) is 0 Å². The zero-order chi connectivity index (χ0) is 13.0. The van der Waals surface area contributed by atoms with Crippen molar-refractivity contribution in [1.29, 1.82) is 0 Å². The van der Waals surface area contributed by atoms with Crippen LogP contribution in [-0.2, 0) is 6.54 Å². The fourth-order valence-electron chi connectivity index (χ4n) is 2.79. The Bertz CT molecular complexity index is 361. The van der Waals surface area contributed by atoms with Crippen molar-refractivity contribution in [2.45, 2.75) is 64.2 Å². The number of aromatic nitrogens is 3. The maximum absolute atomic E-state index is 10.3. The molecule has 1 aromatic rings. The molecule has 102 valence electrons. The van der Waals surface area contributed by atoms with Crippen LogP contribution in [0.5, 0.6) is 0 Å². The van der Waals surface area contributed by atoms with E-state index in [0.29, 0.717) is 5.69 Å². The first-order valence-corrected chi connectivity index (χ1v) is 6.98. The van der Waals surface area contributed by atoms with Crippen LogP contribution >= 0.6 is 0 Å². The molecule has 0 bridgehead atoms. The van der Waals surface area contributed by atoms with Crippen LogP contribution in [0.25, 0.3) is 0 Å². The fourth-order valence-corrected chi connectivity index (χ4v) is 2.79. The van der Waals surface area contributed by atoms with Crippen LogP contribution in [0.4, 0.5) is 0 Å². The van der Waals surface area contributed by atoms with Crippen molar-refractivity contribution in [1.82, 2.24) is 15.0 Å². The molecule has 1 heterocycles. The molecule has 0 saturated heterocycles. The molecule has 18 heavy (non-hydrogen) atoms. The van der Waals surface area contributed by atoms with Crippen molar-refractivity contribution in [2.24, 2.45) is 5.92 Å². The smallest absolute Gasteiger partial charge is 0.123 e. The minimum Gasteiger partial charge on any atom is -0.390 e. The van der Waals surface area contributed by atoms with Gasteiger partial charge in [0.25, 0.3) is 0 Å². The molecule has 0 radical (unpaired) electrons. The number of hydrogen-bond donors (Lipinski definition) is 2. The second-order valence-corrected chi connectivity index (χ2v) is 5.22. The molecule has 0 aromatic carbocycles. The van der Waals surface area contributed by atoms with Gasteiger partial charge in [-0.2, -0.15) is 0 Å². The summed E-state index contributed by atoms with van der Waals surface area (Å²) < 4.78 is 1.69. The highest BCUT2D eigenvalue weighted by molar-refractivity contribution is 5.02. The van der Waals surface area contributed by atoms with Gasteiger partial charge in [0.05, 0.1) is 18.0 Å². The van der Waals surface area contributed by atoms with Gasteiger partial charge >= 0.3 is 0 Å². The van der Waals surface area contributed by atoms with Gasteiger partial charge in [-0.15, -0.1) is 5.10 Å². The molecular weight excluding hydrogens is 230 g/mol.